The SMILES string of the molecule is CNC(C)c1cc(F)c(C)cc1Oc1cnn(C)c1. The molecule has 0 fully saturated rings. The molecule has 0 saturated carbocycles. The predicted octanol–water partition coefficient (Wildman–Crippen LogP) is 2.94. The zero-order chi connectivity index (χ0) is 14.0. The number of nitrogens with zero attached hydrogens (tertiary/aromatic N) is 2. The molecule has 0 bridgehead atoms. The van der Waals surface area contributed by atoms with Crippen molar-refractivity contribution in [3.05, 3.63) is 41.5 Å². The van der Waals surface area contributed by atoms with Crippen LogP contribution in [0, 0.1) is 12.7 Å². The lowest BCUT2D eigenvalue weighted by Gasteiger charge is -2.16. The number of ether oxygens (including phenoxy) is 1. The van der Waals surface area contributed by atoms with Crippen LogP contribution in [0.2, 0.25) is 0 Å². The Kier molecular flexibility index (Phi) is 3.85. The predicted molar refractivity (Wildman–Crippen MR) is 71.9 cm³/mol. The van der Waals surface area contributed by atoms with Gasteiger partial charge in [0.1, 0.15) is 11.6 Å². The smallest absolute Gasteiger partial charge is 0.165 e. The Morgan fingerprint density at radius 3 is 2.74 bits per heavy atom. The van der Waals surface area contributed by atoms with Crippen molar-refractivity contribution in [2.75, 3.05) is 7.05 Å². The number of hydrogen-bond acceptors (Lipinski definition) is 3. The van der Waals surface area contributed by atoms with Gasteiger partial charge in [0, 0.05) is 18.7 Å². The van der Waals surface area contributed by atoms with Gasteiger partial charge in [0.25, 0.3) is 0 Å². The molecule has 2 aromatic rings. The van der Waals surface area contributed by atoms with Gasteiger partial charge in [-0.1, -0.05) is 0 Å². The molecule has 2 rings (SSSR count). The maximum Gasteiger partial charge on any atom is 0.165 e. The molecule has 1 heterocycles. The van der Waals surface area contributed by atoms with Crippen LogP contribution in [0.5, 0.6) is 11.5 Å². The van der Waals surface area contributed by atoms with E-state index in [1.54, 1.807) is 30.1 Å². The Balaban J connectivity index is 2.39. The highest BCUT2D eigenvalue weighted by Gasteiger charge is 2.14. The molecule has 0 aliphatic carbocycles. The van der Waals surface area contributed by atoms with Gasteiger partial charge >= 0.3 is 0 Å². The molecule has 5 heteroatoms. The zero-order valence-electron chi connectivity index (χ0n) is 11.6. The minimum absolute atomic E-state index is 0.00164. The van der Waals surface area contributed by atoms with Crippen LogP contribution in [0.25, 0.3) is 0 Å². The first kappa shape index (κ1) is 13.5. The second-order valence-corrected chi connectivity index (χ2v) is 4.60. The maximum atomic E-state index is 13.7. The molecule has 1 N–H and O–H groups in total. The Morgan fingerprint density at radius 1 is 1.42 bits per heavy atom. The first-order valence-electron chi connectivity index (χ1n) is 6.15. The van der Waals surface area contributed by atoms with Gasteiger partial charge in [-0.15, -0.1) is 0 Å². The third-order valence-corrected chi connectivity index (χ3v) is 3.10. The van der Waals surface area contributed by atoms with E-state index in [0.29, 0.717) is 17.1 Å². The van der Waals surface area contributed by atoms with E-state index in [1.807, 2.05) is 21.0 Å². The average Bonchev–Trinajstić information content (AvgIpc) is 2.78. The maximum absolute atomic E-state index is 13.7. The van der Waals surface area contributed by atoms with E-state index in [9.17, 15) is 4.39 Å². The van der Waals surface area contributed by atoms with Crippen LogP contribution in [0.15, 0.2) is 24.5 Å². The molecule has 1 atom stereocenters. The highest BCUT2D eigenvalue weighted by Crippen LogP contribution is 2.31. The van der Waals surface area contributed by atoms with Crippen LogP contribution in [-0.4, -0.2) is 16.8 Å². The molecule has 0 amide bonds. The molecule has 1 aromatic carbocycles. The van der Waals surface area contributed by atoms with Crippen LogP contribution in [0.3, 0.4) is 0 Å². The number of hydrogen-bond donors (Lipinski definition) is 1. The summed E-state index contributed by atoms with van der Waals surface area (Å²) in [5.41, 5.74) is 1.35. The molecule has 1 aromatic heterocycles. The van der Waals surface area contributed by atoms with Crippen molar-refractivity contribution in [1.29, 1.82) is 0 Å². The van der Waals surface area contributed by atoms with Crippen molar-refractivity contribution < 1.29 is 9.13 Å². The number of rotatable bonds is 4. The summed E-state index contributed by atoms with van der Waals surface area (Å²) < 4.78 is 21.2. The summed E-state index contributed by atoms with van der Waals surface area (Å²) in [5, 5.41) is 7.14. The molecule has 0 spiro atoms. The highest BCUT2D eigenvalue weighted by atomic mass is 19.1. The second kappa shape index (κ2) is 5.40. The highest BCUT2D eigenvalue weighted by molar-refractivity contribution is 5.42. The number of benzene rings is 1. The summed E-state index contributed by atoms with van der Waals surface area (Å²) in [4.78, 5) is 0. The number of aromatic nitrogens is 2. The fourth-order valence-corrected chi connectivity index (χ4v) is 1.83. The van der Waals surface area contributed by atoms with Crippen molar-refractivity contribution in [3.8, 4) is 11.5 Å². The van der Waals surface area contributed by atoms with E-state index in [4.69, 9.17) is 4.74 Å². The van der Waals surface area contributed by atoms with Gasteiger partial charge in [-0.2, -0.15) is 5.10 Å². The Hall–Kier alpha value is -1.88. The molecule has 4 nitrogen and oxygen atoms in total. The normalized spacial score (nSPS) is 12.5. The minimum Gasteiger partial charge on any atom is -0.454 e. The van der Waals surface area contributed by atoms with E-state index >= 15 is 0 Å². The summed E-state index contributed by atoms with van der Waals surface area (Å²) >= 11 is 0. The lowest BCUT2D eigenvalue weighted by atomic mass is 10.0. The van der Waals surface area contributed by atoms with Crippen molar-refractivity contribution in [1.82, 2.24) is 15.1 Å². The van der Waals surface area contributed by atoms with Crippen LogP contribution in [0.4, 0.5) is 4.39 Å². The topological polar surface area (TPSA) is 39.1 Å². The molecule has 1 unspecified atom stereocenters. The lowest BCUT2D eigenvalue weighted by molar-refractivity contribution is 0.461. The molecule has 0 radical (unpaired) electrons. The first-order valence-corrected chi connectivity index (χ1v) is 6.15. The number of halogens is 1. The Morgan fingerprint density at radius 2 is 2.16 bits per heavy atom. The Labute approximate surface area is 112 Å². The summed E-state index contributed by atoms with van der Waals surface area (Å²) in [7, 11) is 3.65. The summed E-state index contributed by atoms with van der Waals surface area (Å²) in [6.07, 6.45) is 3.40. The van der Waals surface area contributed by atoms with Crippen molar-refractivity contribution in [2.45, 2.75) is 19.9 Å². The van der Waals surface area contributed by atoms with E-state index in [2.05, 4.69) is 10.4 Å². The average molecular weight is 263 g/mol. The number of aryl methyl sites for hydroxylation is 2. The zero-order valence-corrected chi connectivity index (χ0v) is 11.6. The standard InChI is InChI=1S/C14H18FN3O/c1-9-5-14(19-11-7-17-18(4)8-11)12(6-13(9)15)10(2)16-3/h5-8,10,16H,1-4H3. The van der Waals surface area contributed by atoms with Crippen molar-refractivity contribution in [3.63, 3.8) is 0 Å². The van der Waals surface area contributed by atoms with Crippen LogP contribution in [-0.2, 0) is 7.05 Å². The second-order valence-electron chi connectivity index (χ2n) is 4.60. The molecular formula is C14H18FN3O. The molecule has 0 saturated heterocycles. The molecular weight excluding hydrogens is 245 g/mol. The van der Waals surface area contributed by atoms with Crippen LogP contribution in [0.1, 0.15) is 24.1 Å². The molecule has 0 aliphatic heterocycles. The Bertz CT molecular complexity index is 580. The van der Waals surface area contributed by atoms with Gasteiger partial charge in [0.15, 0.2) is 5.75 Å². The summed E-state index contributed by atoms with van der Waals surface area (Å²) in [6.45, 7) is 3.68. The first-order chi connectivity index (χ1) is 9.01. The van der Waals surface area contributed by atoms with Crippen molar-refractivity contribution in [2.24, 2.45) is 7.05 Å². The molecule has 102 valence electrons. The van der Waals surface area contributed by atoms with Gasteiger partial charge in [0.05, 0.1) is 12.4 Å². The largest absolute Gasteiger partial charge is 0.454 e. The van der Waals surface area contributed by atoms with Crippen molar-refractivity contribution >= 4 is 0 Å². The quantitative estimate of drug-likeness (QED) is 0.921. The van der Waals surface area contributed by atoms with E-state index in [-0.39, 0.29) is 11.9 Å². The summed E-state index contributed by atoms with van der Waals surface area (Å²) in [5.74, 6) is 1.06. The van der Waals surface area contributed by atoms with E-state index < -0.39 is 0 Å². The van der Waals surface area contributed by atoms with Crippen LogP contribution >= 0.6 is 0 Å². The third-order valence-electron chi connectivity index (χ3n) is 3.10. The minimum atomic E-state index is -0.226. The lowest BCUT2D eigenvalue weighted by Crippen LogP contribution is -2.13. The fourth-order valence-electron chi connectivity index (χ4n) is 1.83. The van der Waals surface area contributed by atoms with Gasteiger partial charge in [-0.3, -0.25) is 4.68 Å². The van der Waals surface area contributed by atoms with E-state index in [0.717, 1.165) is 5.56 Å². The third kappa shape index (κ3) is 2.93. The van der Waals surface area contributed by atoms with Gasteiger partial charge in [-0.25, -0.2) is 4.39 Å². The fraction of sp³-hybridized carbons (Fsp3) is 0.357. The summed E-state index contributed by atoms with van der Waals surface area (Å²) in [6, 6.07) is 3.23. The van der Waals surface area contributed by atoms with Gasteiger partial charge in [-0.05, 0) is 38.6 Å². The van der Waals surface area contributed by atoms with E-state index in [1.165, 1.54) is 6.07 Å². The van der Waals surface area contributed by atoms with Crippen LogP contribution < -0.4 is 10.1 Å². The number of nitrogens with one attached hydrogen (secondary N) is 1. The van der Waals surface area contributed by atoms with Gasteiger partial charge < -0.3 is 10.1 Å². The molecule has 0 aliphatic rings. The van der Waals surface area contributed by atoms with Gasteiger partial charge in [0.2, 0.25) is 0 Å². The molecule has 19 heavy (non-hydrogen) atoms. The monoisotopic (exact) mass is 263 g/mol.